The van der Waals surface area contributed by atoms with Crippen molar-refractivity contribution in [3.05, 3.63) is 70.8 Å². The van der Waals surface area contributed by atoms with Crippen LogP contribution in [0, 0.1) is 20.8 Å². The number of likely N-dealkylation sites (N-methyl/N-ethyl adjacent to an activating group) is 1. The van der Waals surface area contributed by atoms with Gasteiger partial charge < -0.3 is 10.2 Å². The molecule has 4 nitrogen and oxygen atoms in total. The fourth-order valence-electron chi connectivity index (χ4n) is 2.42. The number of nitrogens with zero attached hydrogens (tertiary/aromatic N) is 1. The predicted octanol–water partition coefficient (Wildman–Crippen LogP) is 3.72. The van der Waals surface area contributed by atoms with Gasteiger partial charge in [-0.25, -0.2) is 0 Å². The smallest absolute Gasteiger partial charge is 0.246 e. The summed E-state index contributed by atoms with van der Waals surface area (Å²) in [6.07, 6.45) is 3.27. The first kappa shape index (κ1) is 18.5. The van der Waals surface area contributed by atoms with Gasteiger partial charge in [0.1, 0.15) is 0 Å². The molecule has 2 aromatic rings. The summed E-state index contributed by atoms with van der Waals surface area (Å²) < 4.78 is 0. The van der Waals surface area contributed by atoms with E-state index in [4.69, 9.17) is 0 Å². The van der Waals surface area contributed by atoms with Crippen molar-refractivity contribution in [2.75, 3.05) is 18.9 Å². The van der Waals surface area contributed by atoms with E-state index < -0.39 is 0 Å². The molecule has 0 spiro atoms. The van der Waals surface area contributed by atoms with E-state index in [0.29, 0.717) is 0 Å². The maximum atomic E-state index is 12.2. The molecule has 0 heterocycles. The summed E-state index contributed by atoms with van der Waals surface area (Å²) in [5, 5.41) is 2.86. The number of carbonyl (C=O) groups excluding carboxylic acids is 2. The van der Waals surface area contributed by atoms with Crippen LogP contribution in [0.15, 0.2) is 48.5 Å². The number of hydrogen-bond donors (Lipinski definition) is 1. The number of nitrogens with one attached hydrogen (secondary N) is 1. The second-order valence-electron chi connectivity index (χ2n) is 6.25. The van der Waals surface area contributed by atoms with E-state index >= 15 is 0 Å². The second-order valence-corrected chi connectivity index (χ2v) is 6.25. The van der Waals surface area contributed by atoms with Crippen LogP contribution in [0.4, 0.5) is 5.69 Å². The summed E-state index contributed by atoms with van der Waals surface area (Å²) in [5.74, 6) is -0.423. The summed E-state index contributed by atoms with van der Waals surface area (Å²) in [5.41, 5.74) is 4.94. The van der Waals surface area contributed by atoms with E-state index in [1.165, 1.54) is 11.0 Å². The Hall–Kier alpha value is -2.88. The minimum atomic E-state index is -0.214. The molecule has 130 valence electrons. The lowest BCUT2D eigenvalue weighted by molar-refractivity contribution is -0.129. The Morgan fingerprint density at radius 2 is 1.76 bits per heavy atom. The molecule has 0 bridgehead atoms. The molecular weight excluding hydrogens is 312 g/mol. The van der Waals surface area contributed by atoms with Crippen LogP contribution in [0.2, 0.25) is 0 Å². The minimum absolute atomic E-state index is 0.00429. The molecule has 4 heteroatoms. The highest BCUT2D eigenvalue weighted by atomic mass is 16.2. The Bertz CT molecular complexity index is 809. The molecule has 0 unspecified atom stereocenters. The van der Waals surface area contributed by atoms with E-state index in [9.17, 15) is 9.59 Å². The van der Waals surface area contributed by atoms with Crippen molar-refractivity contribution in [3.8, 4) is 0 Å². The minimum Gasteiger partial charge on any atom is -0.333 e. The van der Waals surface area contributed by atoms with Crippen LogP contribution in [0.1, 0.15) is 22.3 Å². The second kappa shape index (κ2) is 8.29. The maximum absolute atomic E-state index is 12.2. The molecule has 2 rings (SSSR count). The van der Waals surface area contributed by atoms with Crippen LogP contribution in [0.3, 0.4) is 0 Å². The highest BCUT2D eigenvalue weighted by Gasteiger charge is 2.11. The van der Waals surface area contributed by atoms with Crippen molar-refractivity contribution in [2.24, 2.45) is 0 Å². The molecule has 25 heavy (non-hydrogen) atoms. The average molecular weight is 336 g/mol. The number of anilines is 1. The predicted molar refractivity (Wildman–Crippen MR) is 102 cm³/mol. The average Bonchev–Trinajstić information content (AvgIpc) is 2.57. The number of amides is 2. The number of aryl methyl sites for hydroxylation is 3. The Morgan fingerprint density at radius 3 is 2.48 bits per heavy atom. The van der Waals surface area contributed by atoms with Crippen molar-refractivity contribution < 1.29 is 9.59 Å². The lowest BCUT2D eigenvalue weighted by Crippen LogP contribution is -2.34. The third kappa shape index (κ3) is 5.31. The molecule has 0 aliphatic rings. The summed E-state index contributed by atoms with van der Waals surface area (Å²) in [7, 11) is 1.62. The fourth-order valence-corrected chi connectivity index (χ4v) is 2.42. The van der Waals surface area contributed by atoms with E-state index in [2.05, 4.69) is 5.32 Å². The van der Waals surface area contributed by atoms with Crippen LogP contribution in [0.25, 0.3) is 6.08 Å². The zero-order valence-electron chi connectivity index (χ0n) is 15.2. The van der Waals surface area contributed by atoms with Gasteiger partial charge in [0.15, 0.2) is 0 Å². The molecule has 0 aromatic heterocycles. The topological polar surface area (TPSA) is 49.4 Å². The maximum Gasteiger partial charge on any atom is 0.246 e. The fraction of sp³-hybridized carbons (Fsp3) is 0.238. The molecule has 0 saturated heterocycles. The van der Waals surface area contributed by atoms with E-state index in [1.807, 2.05) is 63.2 Å². The highest BCUT2D eigenvalue weighted by Crippen LogP contribution is 2.16. The molecule has 1 N–H and O–H groups in total. The van der Waals surface area contributed by atoms with Crippen molar-refractivity contribution >= 4 is 23.6 Å². The molecule has 2 aromatic carbocycles. The molecular formula is C21H24N2O2. The third-order valence-corrected chi connectivity index (χ3v) is 4.02. The van der Waals surface area contributed by atoms with Gasteiger partial charge in [-0.15, -0.1) is 0 Å². The molecule has 0 saturated carbocycles. The standard InChI is InChI=1S/C21H24N2O2/c1-15-9-10-17(3)19(13-15)22-20(24)14-23(4)21(25)12-11-18-8-6-5-7-16(18)2/h5-13H,14H2,1-4H3,(H,22,24)/b12-11+. The number of benzene rings is 2. The van der Waals surface area contributed by atoms with Crippen molar-refractivity contribution in [1.29, 1.82) is 0 Å². The van der Waals surface area contributed by atoms with Crippen LogP contribution < -0.4 is 5.32 Å². The van der Waals surface area contributed by atoms with Gasteiger partial charge in [0.25, 0.3) is 0 Å². The zero-order valence-corrected chi connectivity index (χ0v) is 15.2. The summed E-state index contributed by atoms with van der Waals surface area (Å²) in [6, 6.07) is 13.7. The summed E-state index contributed by atoms with van der Waals surface area (Å²) in [4.78, 5) is 25.8. The van der Waals surface area contributed by atoms with Gasteiger partial charge in [0.2, 0.25) is 11.8 Å². The Kier molecular flexibility index (Phi) is 6.12. The molecule has 0 fully saturated rings. The lowest BCUT2D eigenvalue weighted by Gasteiger charge is -2.16. The van der Waals surface area contributed by atoms with Crippen LogP contribution in [-0.2, 0) is 9.59 Å². The van der Waals surface area contributed by atoms with Crippen LogP contribution in [0.5, 0.6) is 0 Å². The first-order chi connectivity index (χ1) is 11.9. The summed E-state index contributed by atoms with van der Waals surface area (Å²) >= 11 is 0. The third-order valence-electron chi connectivity index (χ3n) is 4.02. The molecule has 2 amide bonds. The number of hydrogen-bond acceptors (Lipinski definition) is 2. The van der Waals surface area contributed by atoms with Crippen molar-refractivity contribution in [3.63, 3.8) is 0 Å². The Morgan fingerprint density at radius 1 is 1.04 bits per heavy atom. The van der Waals surface area contributed by atoms with E-state index in [-0.39, 0.29) is 18.4 Å². The van der Waals surface area contributed by atoms with E-state index in [1.54, 1.807) is 13.1 Å². The Balaban J connectivity index is 1.95. The quantitative estimate of drug-likeness (QED) is 0.846. The first-order valence-corrected chi connectivity index (χ1v) is 8.22. The highest BCUT2D eigenvalue weighted by molar-refractivity contribution is 5.98. The van der Waals surface area contributed by atoms with Gasteiger partial charge in [-0.1, -0.05) is 36.4 Å². The van der Waals surface area contributed by atoms with E-state index in [0.717, 1.165) is 27.9 Å². The van der Waals surface area contributed by atoms with Crippen LogP contribution in [-0.4, -0.2) is 30.3 Å². The lowest BCUT2D eigenvalue weighted by atomic mass is 10.1. The molecule has 0 radical (unpaired) electrons. The molecule has 0 aliphatic heterocycles. The van der Waals surface area contributed by atoms with Crippen molar-refractivity contribution in [1.82, 2.24) is 4.90 Å². The monoisotopic (exact) mass is 336 g/mol. The summed E-state index contributed by atoms with van der Waals surface area (Å²) in [6.45, 7) is 5.91. The normalized spacial score (nSPS) is 10.7. The zero-order chi connectivity index (χ0) is 18.4. The van der Waals surface area contributed by atoms with Gasteiger partial charge in [-0.05, 0) is 55.2 Å². The van der Waals surface area contributed by atoms with Crippen molar-refractivity contribution in [2.45, 2.75) is 20.8 Å². The van der Waals surface area contributed by atoms with Gasteiger partial charge >= 0.3 is 0 Å². The Labute approximate surface area is 149 Å². The van der Waals surface area contributed by atoms with Gasteiger partial charge in [0.05, 0.1) is 6.54 Å². The van der Waals surface area contributed by atoms with Gasteiger partial charge in [-0.3, -0.25) is 9.59 Å². The van der Waals surface area contributed by atoms with Gasteiger partial charge in [0, 0.05) is 18.8 Å². The van der Waals surface area contributed by atoms with Crippen LogP contribution >= 0.6 is 0 Å². The SMILES string of the molecule is Cc1ccc(C)c(NC(=O)CN(C)C(=O)/C=C/c2ccccc2C)c1. The number of carbonyl (C=O) groups is 2. The molecule has 0 aliphatic carbocycles. The van der Waals surface area contributed by atoms with Gasteiger partial charge in [-0.2, -0.15) is 0 Å². The molecule has 0 atom stereocenters. The largest absolute Gasteiger partial charge is 0.333 e. The number of rotatable bonds is 5. The first-order valence-electron chi connectivity index (χ1n) is 8.22.